The van der Waals surface area contributed by atoms with Crippen LogP contribution in [0.5, 0.6) is 0 Å². The number of benzene rings is 1. The van der Waals surface area contributed by atoms with Crippen LogP contribution in [0, 0.1) is 28.1 Å². The highest BCUT2D eigenvalue weighted by Gasteiger charge is 2.56. The molecule has 0 bridgehead atoms. The second-order valence-electron chi connectivity index (χ2n) is 16.5. The molecule has 2 atom stereocenters. The Hall–Kier alpha value is -3.16. The van der Waals surface area contributed by atoms with Gasteiger partial charge in [-0.25, -0.2) is 0 Å². The first-order valence-electron chi connectivity index (χ1n) is 18.0. The summed E-state index contributed by atoms with van der Waals surface area (Å²) in [6.07, 6.45) is 18.4. The van der Waals surface area contributed by atoms with Crippen LogP contribution < -0.4 is 16.0 Å². The molecule has 5 aliphatic carbocycles. The Kier molecular flexibility index (Phi) is 8.08. The molecule has 0 saturated heterocycles. The number of rotatable bonds is 11. The monoisotopic (exact) mass is 627 g/mol. The van der Waals surface area contributed by atoms with Crippen molar-refractivity contribution in [3.8, 4) is 0 Å². The minimum Gasteiger partial charge on any atom is -0.355 e. The Bertz CT molecular complexity index is 1470. The number of hydrogen-bond acceptors (Lipinski definition) is 4. The second-order valence-corrected chi connectivity index (χ2v) is 16.5. The number of nitrogens with one attached hydrogen (secondary N) is 3. The van der Waals surface area contributed by atoms with E-state index >= 15 is 0 Å². The fourth-order valence-electron chi connectivity index (χ4n) is 9.35. The lowest BCUT2D eigenvalue weighted by atomic mass is 9.66. The number of hydrogen-bond donors (Lipinski definition) is 3. The first-order valence-corrected chi connectivity index (χ1v) is 18.0. The van der Waals surface area contributed by atoms with Gasteiger partial charge < -0.3 is 16.0 Å². The van der Waals surface area contributed by atoms with Crippen LogP contribution in [0.3, 0.4) is 0 Å². The number of aromatic nitrogens is 2. The largest absolute Gasteiger partial charge is 0.355 e. The lowest BCUT2D eigenvalue weighted by molar-refractivity contribution is -0.127. The molecular formula is C38H53N5O3. The third kappa shape index (κ3) is 6.01. The second kappa shape index (κ2) is 11.8. The normalized spacial score (nSPS) is 24.8. The van der Waals surface area contributed by atoms with E-state index in [4.69, 9.17) is 0 Å². The van der Waals surface area contributed by atoms with E-state index in [1.54, 1.807) is 24.0 Å². The van der Waals surface area contributed by atoms with Gasteiger partial charge in [-0.05, 0) is 129 Å². The van der Waals surface area contributed by atoms with Crippen molar-refractivity contribution in [1.82, 2.24) is 20.4 Å². The topological polar surface area (TPSA) is 105 Å². The van der Waals surface area contributed by atoms with Gasteiger partial charge in [0.2, 0.25) is 11.8 Å². The number of nitrogens with zero attached hydrogens (tertiary/aromatic N) is 2. The molecular weight excluding hydrogens is 574 g/mol. The van der Waals surface area contributed by atoms with E-state index in [2.05, 4.69) is 41.0 Å². The summed E-state index contributed by atoms with van der Waals surface area (Å²) >= 11 is 0. The van der Waals surface area contributed by atoms with E-state index in [1.165, 1.54) is 44.9 Å². The summed E-state index contributed by atoms with van der Waals surface area (Å²) < 4.78 is 1.57. The summed E-state index contributed by atoms with van der Waals surface area (Å²) in [4.78, 5) is 42.0. The lowest BCUT2D eigenvalue weighted by Crippen LogP contribution is -2.53. The van der Waals surface area contributed by atoms with Gasteiger partial charge in [0.15, 0.2) is 0 Å². The molecule has 7 rings (SSSR count). The molecule has 2 aromatic rings. The van der Waals surface area contributed by atoms with Crippen molar-refractivity contribution in [3.63, 3.8) is 0 Å². The Morgan fingerprint density at radius 3 is 2.22 bits per heavy atom. The zero-order valence-electron chi connectivity index (χ0n) is 28.1. The Morgan fingerprint density at radius 1 is 0.913 bits per heavy atom. The zero-order chi connectivity index (χ0) is 32.2. The summed E-state index contributed by atoms with van der Waals surface area (Å²) in [6, 6.07) is 8.99. The molecule has 46 heavy (non-hydrogen) atoms. The molecule has 1 aromatic heterocycles. The number of carbonyl (C=O) groups is 3. The van der Waals surface area contributed by atoms with Crippen LogP contribution >= 0.6 is 0 Å². The molecule has 8 heteroatoms. The molecule has 248 valence electrons. The van der Waals surface area contributed by atoms with Crippen LogP contribution in [0.2, 0.25) is 0 Å². The van der Waals surface area contributed by atoms with Crippen molar-refractivity contribution in [1.29, 1.82) is 0 Å². The summed E-state index contributed by atoms with van der Waals surface area (Å²) in [6.45, 7) is 5.30. The average Bonchev–Trinajstić information content (AvgIpc) is 3.83. The highest BCUT2D eigenvalue weighted by atomic mass is 16.2. The van der Waals surface area contributed by atoms with Crippen molar-refractivity contribution in [3.05, 3.63) is 47.8 Å². The molecule has 8 nitrogen and oxygen atoms in total. The van der Waals surface area contributed by atoms with Crippen LogP contribution in [0.4, 0.5) is 5.69 Å². The quantitative estimate of drug-likeness (QED) is 0.259. The van der Waals surface area contributed by atoms with Gasteiger partial charge in [0.1, 0.15) is 11.7 Å². The van der Waals surface area contributed by atoms with Gasteiger partial charge in [-0.15, -0.1) is 0 Å². The smallest absolute Gasteiger partial charge is 0.270 e. The molecule has 1 unspecified atom stereocenters. The van der Waals surface area contributed by atoms with E-state index in [-0.39, 0.29) is 34.5 Å². The maximum Gasteiger partial charge on any atom is 0.270 e. The van der Waals surface area contributed by atoms with Gasteiger partial charge in [-0.3, -0.25) is 19.1 Å². The minimum absolute atomic E-state index is 0.0331. The van der Waals surface area contributed by atoms with Gasteiger partial charge in [0.25, 0.3) is 5.91 Å². The molecule has 3 N–H and O–H groups in total. The third-order valence-corrected chi connectivity index (χ3v) is 13.2. The molecule has 1 heterocycles. The van der Waals surface area contributed by atoms with Crippen molar-refractivity contribution < 1.29 is 14.4 Å². The van der Waals surface area contributed by atoms with E-state index in [0.29, 0.717) is 22.7 Å². The minimum atomic E-state index is -0.663. The highest BCUT2D eigenvalue weighted by Crippen LogP contribution is 2.62. The zero-order valence-corrected chi connectivity index (χ0v) is 28.1. The van der Waals surface area contributed by atoms with Gasteiger partial charge >= 0.3 is 0 Å². The van der Waals surface area contributed by atoms with Crippen molar-refractivity contribution in [2.45, 2.75) is 122 Å². The maximum atomic E-state index is 14.5. The van der Waals surface area contributed by atoms with Crippen LogP contribution in [0.15, 0.2) is 36.5 Å². The Morgan fingerprint density at radius 2 is 1.63 bits per heavy atom. The van der Waals surface area contributed by atoms with Crippen LogP contribution in [-0.2, 0) is 22.1 Å². The van der Waals surface area contributed by atoms with E-state index in [9.17, 15) is 14.4 Å². The van der Waals surface area contributed by atoms with Crippen LogP contribution in [0.25, 0.3) is 0 Å². The van der Waals surface area contributed by atoms with Crippen molar-refractivity contribution in [2.75, 3.05) is 11.9 Å². The predicted octanol–water partition coefficient (Wildman–Crippen LogP) is 6.66. The number of carbonyl (C=O) groups excluding carboxylic acids is 3. The SMILES string of the molecule is Cn1nccc1C(=O)N[C@H](C(=O)Nc1cccc(C2(C(=O)NCC3(C)CCC3)CCCC2)c1)C(C1CCC2(CC1)CC2)C1(C)CC1. The molecule has 1 aromatic carbocycles. The third-order valence-electron chi connectivity index (χ3n) is 13.2. The van der Waals surface area contributed by atoms with Gasteiger partial charge in [0.05, 0.1) is 5.41 Å². The number of aryl methyl sites for hydroxylation is 1. The maximum absolute atomic E-state index is 14.5. The van der Waals surface area contributed by atoms with Crippen LogP contribution in [-0.4, -0.2) is 40.1 Å². The fourth-order valence-corrected chi connectivity index (χ4v) is 9.35. The molecule has 5 fully saturated rings. The Balaban J connectivity index is 1.14. The molecule has 0 aliphatic heterocycles. The molecule has 1 spiro atoms. The standard InChI is InChI=1S/C38H53N5O3/c1-35(13-7-14-35)25-39-34(46)38(15-4-5-16-38)27-8-6-9-28(24-27)41-33(45)31(42-32(44)29-12-23-40-43(29)3)30(36(2)19-20-36)26-10-17-37(18-11-26)21-22-37/h6,8-9,12,23-24,26,30-31H,4-5,7,10-11,13-22,25H2,1-3H3,(H,39,46)(H,41,45)(H,42,44)/t30?,31-/m0/s1. The Labute approximate surface area is 274 Å². The van der Waals surface area contributed by atoms with Crippen LogP contribution in [0.1, 0.15) is 126 Å². The lowest BCUT2D eigenvalue weighted by Gasteiger charge is -2.41. The van der Waals surface area contributed by atoms with Crippen molar-refractivity contribution >= 4 is 23.4 Å². The highest BCUT2D eigenvalue weighted by molar-refractivity contribution is 6.01. The van der Waals surface area contributed by atoms with Gasteiger partial charge in [0, 0.05) is 25.5 Å². The van der Waals surface area contributed by atoms with Crippen molar-refractivity contribution in [2.24, 2.45) is 35.1 Å². The average molecular weight is 628 g/mol. The summed E-state index contributed by atoms with van der Waals surface area (Å²) in [5.74, 6) is 0.148. The first kappa shape index (κ1) is 31.4. The fraction of sp³-hybridized carbons (Fsp3) is 0.684. The number of amides is 3. The van der Waals surface area contributed by atoms with E-state index < -0.39 is 11.5 Å². The molecule has 3 amide bonds. The molecule has 5 saturated carbocycles. The molecule has 5 aliphatic rings. The summed E-state index contributed by atoms with van der Waals surface area (Å²) in [5.41, 5.74) is 2.34. The summed E-state index contributed by atoms with van der Waals surface area (Å²) in [7, 11) is 1.76. The van der Waals surface area contributed by atoms with Gasteiger partial charge in [-0.1, -0.05) is 45.2 Å². The first-order chi connectivity index (χ1) is 22.0. The van der Waals surface area contributed by atoms with Gasteiger partial charge in [-0.2, -0.15) is 5.10 Å². The van der Waals surface area contributed by atoms with E-state index in [1.807, 2.05) is 18.2 Å². The predicted molar refractivity (Wildman–Crippen MR) is 179 cm³/mol. The molecule has 0 radical (unpaired) electrons. The summed E-state index contributed by atoms with van der Waals surface area (Å²) in [5, 5.41) is 14.0. The number of anilines is 1. The van der Waals surface area contributed by atoms with E-state index in [0.717, 1.165) is 63.5 Å².